The Morgan fingerprint density at radius 3 is 1.10 bits per heavy atom. The molecule has 97 heavy (non-hydrogen) atoms. The van der Waals surface area contributed by atoms with Crippen molar-refractivity contribution < 1.29 is 0 Å². The molecule has 4 aromatic heterocycles. The molecule has 0 spiro atoms. The second kappa shape index (κ2) is 24.2. The van der Waals surface area contributed by atoms with E-state index in [1.807, 2.05) is 6.07 Å². The molecule has 0 saturated heterocycles. The third-order valence-electron chi connectivity index (χ3n) is 19.4. The van der Waals surface area contributed by atoms with Gasteiger partial charge in [0.15, 0.2) is 0 Å². The van der Waals surface area contributed by atoms with Crippen molar-refractivity contribution in [3.63, 3.8) is 0 Å². The summed E-state index contributed by atoms with van der Waals surface area (Å²) in [5.74, 6) is 0. The van der Waals surface area contributed by atoms with Crippen molar-refractivity contribution in [3.05, 3.63) is 368 Å². The number of nitrogens with one attached hydrogen (secondary N) is 1. The first-order valence-corrected chi connectivity index (χ1v) is 33.9. The standard InChI is InChI=1S/C46H30N2.C28H18N2.C18H13Br/c1-3-13-31(14-4-1)36-18-9-10-19-37(36)33-23-26-35(27-24-33)47-42-22-12-11-21-39(42)40-29-41-45(30-44(40)47)48(34-16-5-2-6-17-34)43-28-25-32-15-7-8-20-38(32)46(41)43;1-2-9-19(10-3-1)30-26-15-14-18-8-4-5-11-20(18)28(26)23-16-22-21-12-6-7-13-24(21)29-25(22)17-27(23)30;19-16-12-10-15(11-13-16)18-9-5-4-8-17(18)14-6-2-1-3-7-14/h1-30H;1-17,29H;1-13H. The third kappa shape index (κ3) is 10.1. The number of para-hydroxylation sites is 4. The maximum absolute atomic E-state index is 3.62. The predicted octanol–water partition coefficient (Wildman–Crippen LogP) is 25.7. The SMILES string of the molecule is Brc1ccc(-c2ccccc2-c2ccccc2)cc1.c1ccc(-c2ccccc2-c2ccc(-n3c4ccccc4c4cc5c6c7ccccc7ccc6n(-c6ccccc6)c5cc43)cc2)cc1.c1ccc(-n2c3cc4[nH]c5ccccc5c4cc3c3c4ccccc4ccc32)cc1. The van der Waals surface area contributed by atoms with Crippen LogP contribution < -0.4 is 0 Å². The van der Waals surface area contributed by atoms with Crippen molar-refractivity contribution in [2.45, 2.75) is 0 Å². The van der Waals surface area contributed by atoms with Gasteiger partial charge in [-0.3, -0.25) is 0 Å². The smallest absolute Gasteiger partial charge is 0.0562 e. The van der Waals surface area contributed by atoms with Crippen LogP contribution in [0.1, 0.15) is 0 Å². The van der Waals surface area contributed by atoms with Gasteiger partial charge in [0.2, 0.25) is 0 Å². The van der Waals surface area contributed by atoms with Gasteiger partial charge in [-0.1, -0.05) is 283 Å². The predicted molar refractivity (Wildman–Crippen MR) is 416 cm³/mol. The number of rotatable bonds is 7. The Morgan fingerprint density at radius 2 is 0.577 bits per heavy atom. The average molecular weight is 1300 g/mol. The van der Waals surface area contributed by atoms with Gasteiger partial charge < -0.3 is 18.7 Å². The van der Waals surface area contributed by atoms with Gasteiger partial charge in [0.05, 0.1) is 33.1 Å². The van der Waals surface area contributed by atoms with E-state index in [0.717, 1.165) is 15.8 Å². The van der Waals surface area contributed by atoms with Crippen molar-refractivity contribution in [3.8, 4) is 61.6 Å². The Kier molecular flexibility index (Phi) is 14.3. The third-order valence-corrected chi connectivity index (χ3v) is 19.9. The van der Waals surface area contributed by atoms with Crippen LogP contribution in [0.5, 0.6) is 0 Å². The number of hydrogen-bond donors (Lipinski definition) is 1. The van der Waals surface area contributed by atoms with E-state index >= 15 is 0 Å². The van der Waals surface area contributed by atoms with E-state index in [1.54, 1.807) is 0 Å². The molecule has 0 unspecified atom stereocenters. The van der Waals surface area contributed by atoms with Crippen LogP contribution in [0, 0.1) is 0 Å². The van der Waals surface area contributed by atoms with Gasteiger partial charge >= 0.3 is 0 Å². The van der Waals surface area contributed by atoms with Crippen molar-refractivity contribution in [1.82, 2.24) is 18.7 Å². The quantitative estimate of drug-likeness (QED) is 0.165. The summed E-state index contributed by atoms with van der Waals surface area (Å²) in [6.45, 7) is 0. The van der Waals surface area contributed by atoms with Gasteiger partial charge in [-0.15, -0.1) is 0 Å². The number of H-pyrrole nitrogens is 1. The number of fused-ring (bicyclic) bond motifs is 16. The monoisotopic (exact) mass is 1300 g/mol. The fourth-order valence-electron chi connectivity index (χ4n) is 15.0. The zero-order chi connectivity index (χ0) is 64.3. The summed E-state index contributed by atoms with van der Waals surface area (Å²) in [6.07, 6.45) is 0. The first-order chi connectivity index (χ1) is 48.1. The van der Waals surface area contributed by atoms with Crippen LogP contribution in [0.2, 0.25) is 0 Å². The van der Waals surface area contributed by atoms with Crippen LogP contribution in [-0.2, 0) is 0 Å². The lowest BCUT2D eigenvalue weighted by Gasteiger charge is -2.13. The molecule has 16 aromatic carbocycles. The number of hydrogen-bond acceptors (Lipinski definition) is 0. The number of benzene rings is 16. The highest BCUT2D eigenvalue weighted by Crippen LogP contribution is 2.44. The molecule has 4 nitrogen and oxygen atoms in total. The molecule has 5 heteroatoms. The van der Waals surface area contributed by atoms with Crippen molar-refractivity contribution in [2.75, 3.05) is 0 Å². The molecular formula is C92H61BrN4. The molecule has 0 aliphatic rings. The van der Waals surface area contributed by atoms with Gasteiger partial charge in [-0.05, 0) is 163 Å². The maximum atomic E-state index is 3.62. The molecule has 20 rings (SSSR count). The van der Waals surface area contributed by atoms with E-state index in [0.29, 0.717) is 0 Å². The summed E-state index contributed by atoms with van der Waals surface area (Å²) >= 11 is 3.48. The van der Waals surface area contributed by atoms with Crippen LogP contribution in [-0.4, -0.2) is 18.7 Å². The lowest BCUT2D eigenvalue weighted by Crippen LogP contribution is -1.96. The van der Waals surface area contributed by atoms with Crippen molar-refractivity contribution in [2.24, 2.45) is 0 Å². The van der Waals surface area contributed by atoms with Crippen LogP contribution in [0.4, 0.5) is 0 Å². The van der Waals surface area contributed by atoms with Crippen LogP contribution >= 0.6 is 15.9 Å². The molecule has 0 radical (unpaired) electrons. The van der Waals surface area contributed by atoms with Crippen LogP contribution in [0.15, 0.2) is 368 Å². The molecular weight excluding hydrogens is 1240 g/mol. The molecule has 0 saturated carbocycles. The topological polar surface area (TPSA) is 30.6 Å². The summed E-state index contributed by atoms with van der Waals surface area (Å²) in [4.78, 5) is 3.62. The average Bonchev–Trinajstić information content (AvgIpc) is 1.56. The van der Waals surface area contributed by atoms with E-state index in [4.69, 9.17) is 0 Å². The fourth-order valence-corrected chi connectivity index (χ4v) is 15.3. The van der Waals surface area contributed by atoms with Crippen LogP contribution in [0.25, 0.3) is 170 Å². The second-order valence-corrected chi connectivity index (χ2v) is 25.8. The largest absolute Gasteiger partial charge is 0.354 e. The highest BCUT2D eigenvalue weighted by Gasteiger charge is 2.22. The van der Waals surface area contributed by atoms with Gasteiger partial charge in [0.25, 0.3) is 0 Å². The molecule has 0 aliphatic carbocycles. The molecule has 0 fully saturated rings. The molecule has 0 atom stereocenters. The fraction of sp³-hybridized carbons (Fsp3) is 0. The highest BCUT2D eigenvalue weighted by atomic mass is 79.9. The van der Waals surface area contributed by atoms with E-state index in [2.05, 4.69) is 393 Å². The number of nitrogens with zero attached hydrogens (tertiary/aromatic N) is 3. The van der Waals surface area contributed by atoms with E-state index in [-0.39, 0.29) is 0 Å². The molecule has 0 bridgehead atoms. The van der Waals surface area contributed by atoms with Gasteiger partial charge in [0, 0.05) is 75.7 Å². The number of aromatic nitrogens is 4. The lowest BCUT2D eigenvalue weighted by atomic mass is 9.94. The van der Waals surface area contributed by atoms with Crippen molar-refractivity contribution >= 4 is 125 Å². The molecule has 20 aromatic rings. The lowest BCUT2D eigenvalue weighted by molar-refractivity contribution is 1.16. The van der Waals surface area contributed by atoms with E-state index in [1.165, 1.54) is 159 Å². The molecule has 1 N–H and O–H groups in total. The Balaban J connectivity index is 0.000000118. The first-order valence-electron chi connectivity index (χ1n) is 33.1. The number of halogens is 1. The second-order valence-electron chi connectivity index (χ2n) is 24.9. The normalized spacial score (nSPS) is 11.6. The minimum absolute atomic E-state index is 1.11. The van der Waals surface area contributed by atoms with E-state index in [9.17, 15) is 0 Å². The minimum atomic E-state index is 1.11. The zero-order valence-electron chi connectivity index (χ0n) is 52.9. The van der Waals surface area contributed by atoms with Gasteiger partial charge in [-0.2, -0.15) is 0 Å². The Bertz CT molecular complexity index is 6340. The maximum Gasteiger partial charge on any atom is 0.0562 e. The Hall–Kier alpha value is -12.3. The molecule has 456 valence electrons. The molecule has 0 amide bonds. The summed E-state index contributed by atoms with van der Waals surface area (Å²) in [6, 6.07) is 131. The van der Waals surface area contributed by atoms with Crippen molar-refractivity contribution in [1.29, 1.82) is 0 Å². The summed E-state index contributed by atoms with van der Waals surface area (Å²) in [5.41, 5.74) is 23.1. The first kappa shape index (κ1) is 57.4. The molecule has 4 heterocycles. The van der Waals surface area contributed by atoms with Gasteiger partial charge in [-0.25, -0.2) is 0 Å². The summed E-state index contributed by atoms with van der Waals surface area (Å²) in [7, 11) is 0. The Labute approximate surface area is 569 Å². The highest BCUT2D eigenvalue weighted by molar-refractivity contribution is 9.10. The minimum Gasteiger partial charge on any atom is -0.354 e. The summed E-state index contributed by atoms with van der Waals surface area (Å²) in [5, 5.41) is 15.4. The zero-order valence-corrected chi connectivity index (χ0v) is 54.4. The van der Waals surface area contributed by atoms with E-state index < -0.39 is 0 Å². The Morgan fingerprint density at radius 1 is 0.206 bits per heavy atom. The molecule has 0 aliphatic heterocycles. The van der Waals surface area contributed by atoms with Gasteiger partial charge in [0.1, 0.15) is 0 Å². The summed E-state index contributed by atoms with van der Waals surface area (Å²) < 4.78 is 8.36. The number of aromatic amines is 1. The van der Waals surface area contributed by atoms with Crippen LogP contribution in [0.3, 0.4) is 0 Å².